The molecule has 1 N–H and O–H groups in total. The van der Waals surface area contributed by atoms with E-state index >= 15 is 0 Å². The Hall–Kier alpha value is -2.84. The van der Waals surface area contributed by atoms with Gasteiger partial charge in [0.2, 0.25) is 0 Å². The first-order valence-corrected chi connectivity index (χ1v) is 10.5. The summed E-state index contributed by atoms with van der Waals surface area (Å²) in [6.45, 7) is 8.31. The predicted octanol–water partition coefficient (Wildman–Crippen LogP) is 4.06. The minimum absolute atomic E-state index is 0.0720. The number of amides is 1. The Balaban J connectivity index is 1.66. The van der Waals surface area contributed by atoms with E-state index in [2.05, 4.69) is 9.97 Å². The summed E-state index contributed by atoms with van der Waals surface area (Å²) in [7, 11) is 0. The highest BCUT2D eigenvalue weighted by atomic mass is 35.5. The number of aromatic nitrogens is 3. The number of aromatic amines is 1. The molecule has 164 valence electrons. The maximum atomic E-state index is 12.8. The number of nitrogens with one attached hydrogen (secondary N) is 1. The molecule has 1 saturated heterocycles. The highest BCUT2D eigenvalue weighted by molar-refractivity contribution is 6.31. The van der Waals surface area contributed by atoms with Crippen LogP contribution in [-0.4, -0.2) is 50.4 Å². The predicted molar refractivity (Wildman–Crippen MR) is 118 cm³/mol. The van der Waals surface area contributed by atoms with Crippen LogP contribution in [0.4, 0.5) is 4.79 Å². The van der Waals surface area contributed by atoms with Crippen LogP contribution in [0.2, 0.25) is 5.15 Å². The summed E-state index contributed by atoms with van der Waals surface area (Å²) in [6, 6.07) is 8.94. The Labute approximate surface area is 184 Å². The number of benzene rings is 1. The van der Waals surface area contributed by atoms with E-state index < -0.39 is 5.60 Å². The Kier molecular flexibility index (Phi) is 5.53. The highest BCUT2D eigenvalue weighted by Gasteiger charge is 2.34. The normalized spacial score (nSPS) is 19.6. The van der Waals surface area contributed by atoms with E-state index in [9.17, 15) is 9.59 Å². The van der Waals surface area contributed by atoms with Crippen LogP contribution >= 0.6 is 11.6 Å². The van der Waals surface area contributed by atoms with Gasteiger partial charge in [0.1, 0.15) is 10.8 Å². The number of hydrogen-bond acceptors (Lipinski definition) is 5. The number of H-pyrrole nitrogens is 1. The standard InChI is InChI=1S/C22H25ClN4O4/c1-13-10-26(21(29)31-22(2,3)4)17(11-30-13)14-5-7-15(8-6-14)27-18(23)9-16-19(27)24-12-25-20(16)28/h5-9,12-13,17H,10-11H2,1-4H3,(H,24,25,28)/t13-,17+/m1/s1. The minimum atomic E-state index is -0.579. The van der Waals surface area contributed by atoms with E-state index in [4.69, 9.17) is 21.1 Å². The molecule has 9 heteroatoms. The van der Waals surface area contributed by atoms with Crippen LogP contribution < -0.4 is 5.56 Å². The quantitative estimate of drug-likeness (QED) is 0.643. The first kappa shape index (κ1) is 21.4. The molecule has 0 bridgehead atoms. The number of morpholine rings is 1. The highest BCUT2D eigenvalue weighted by Crippen LogP contribution is 2.30. The van der Waals surface area contributed by atoms with Crippen molar-refractivity contribution in [3.63, 3.8) is 0 Å². The summed E-state index contributed by atoms with van der Waals surface area (Å²) in [5.41, 5.74) is 1.33. The topological polar surface area (TPSA) is 89.5 Å². The second-order valence-corrected chi connectivity index (χ2v) is 9.04. The van der Waals surface area contributed by atoms with E-state index in [-0.39, 0.29) is 23.8 Å². The van der Waals surface area contributed by atoms with Gasteiger partial charge in [-0.15, -0.1) is 0 Å². The van der Waals surface area contributed by atoms with E-state index in [0.717, 1.165) is 11.3 Å². The average molecular weight is 445 g/mol. The molecule has 0 unspecified atom stereocenters. The largest absolute Gasteiger partial charge is 0.444 e. The number of hydrogen-bond donors (Lipinski definition) is 1. The second-order valence-electron chi connectivity index (χ2n) is 8.66. The number of nitrogens with zero attached hydrogens (tertiary/aromatic N) is 3. The smallest absolute Gasteiger partial charge is 0.410 e. The van der Waals surface area contributed by atoms with Crippen molar-refractivity contribution >= 4 is 28.7 Å². The molecule has 0 saturated carbocycles. The van der Waals surface area contributed by atoms with Gasteiger partial charge in [0.05, 0.1) is 37.0 Å². The molecule has 8 nitrogen and oxygen atoms in total. The monoisotopic (exact) mass is 444 g/mol. The molecule has 2 atom stereocenters. The van der Waals surface area contributed by atoms with Crippen LogP contribution in [0.5, 0.6) is 0 Å². The number of ether oxygens (including phenoxy) is 2. The van der Waals surface area contributed by atoms with E-state index in [1.807, 2.05) is 52.0 Å². The lowest BCUT2D eigenvalue weighted by molar-refractivity contribution is -0.0644. The molecule has 4 rings (SSSR count). The third kappa shape index (κ3) is 4.31. The molecular weight excluding hydrogens is 420 g/mol. The van der Waals surface area contributed by atoms with Crippen molar-refractivity contribution in [3.05, 3.63) is 57.7 Å². The van der Waals surface area contributed by atoms with Gasteiger partial charge in [-0.05, 0) is 51.5 Å². The summed E-state index contributed by atoms with van der Waals surface area (Å²) in [5, 5.41) is 0.805. The Bertz CT molecular complexity index is 1160. The van der Waals surface area contributed by atoms with Crippen molar-refractivity contribution in [1.29, 1.82) is 0 Å². The Morgan fingerprint density at radius 2 is 2.00 bits per heavy atom. The van der Waals surface area contributed by atoms with Crippen molar-refractivity contribution in [2.24, 2.45) is 0 Å². The number of carbonyl (C=O) groups is 1. The van der Waals surface area contributed by atoms with Gasteiger partial charge in [0, 0.05) is 5.69 Å². The van der Waals surface area contributed by atoms with Crippen LogP contribution in [0.15, 0.2) is 41.5 Å². The molecule has 3 heterocycles. The van der Waals surface area contributed by atoms with Crippen molar-refractivity contribution < 1.29 is 14.3 Å². The van der Waals surface area contributed by atoms with Crippen LogP contribution in [-0.2, 0) is 9.47 Å². The lowest BCUT2D eigenvalue weighted by Gasteiger charge is -2.39. The fourth-order valence-corrected chi connectivity index (χ4v) is 3.97. The molecule has 0 spiro atoms. The van der Waals surface area contributed by atoms with Gasteiger partial charge in [-0.2, -0.15) is 0 Å². The zero-order chi connectivity index (χ0) is 22.3. The van der Waals surface area contributed by atoms with Gasteiger partial charge in [-0.1, -0.05) is 23.7 Å². The summed E-state index contributed by atoms with van der Waals surface area (Å²) in [4.78, 5) is 33.4. The third-order valence-electron chi connectivity index (χ3n) is 5.09. The van der Waals surface area contributed by atoms with Crippen LogP contribution in [0, 0.1) is 0 Å². The Morgan fingerprint density at radius 3 is 2.68 bits per heavy atom. The van der Waals surface area contributed by atoms with E-state index in [1.165, 1.54) is 6.33 Å². The van der Waals surface area contributed by atoms with Crippen molar-refractivity contribution in [2.45, 2.75) is 45.4 Å². The fraction of sp³-hybridized carbons (Fsp3) is 0.409. The molecule has 31 heavy (non-hydrogen) atoms. The van der Waals surface area contributed by atoms with Crippen molar-refractivity contribution in [1.82, 2.24) is 19.4 Å². The number of rotatable bonds is 2. The van der Waals surface area contributed by atoms with Crippen LogP contribution in [0.3, 0.4) is 0 Å². The molecule has 0 aliphatic carbocycles. The number of fused-ring (bicyclic) bond motifs is 1. The zero-order valence-corrected chi connectivity index (χ0v) is 18.6. The Morgan fingerprint density at radius 1 is 1.29 bits per heavy atom. The van der Waals surface area contributed by atoms with E-state index in [1.54, 1.807) is 15.5 Å². The zero-order valence-electron chi connectivity index (χ0n) is 17.9. The molecule has 0 radical (unpaired) electrons. The summed E-state index contributed by atoms with van der Waals surface area (Å²) in [5.74, 6) is 0. The van der Waals surface area contributed by atoms with Crippen molar-refractivity contribution in [2.75, 3.05) is 13.2 Å². The second kappa shape index (κ2) is 8.01. The molecular formula is C22H25ClN4O4. The van der Waals surface area contributed by atoms with Crippen LogP contribution in [0.1, 0.15) is 39.3 Å². The molecule has 1 amide bonds. The molecule has 1 aromatic carbocycles. The molecule has 3 aromatic rings. The van der Waals surface area contributed by atoms with Gasteiger partial charge in [0.25, 0.3) is 5.56 Å². The van der Waals surface area contributed by atoms with Gasteiger partial charge in [0.15, 0.2) is 5.65 Å². The molecule has 1 aliphatic heterocycles. The fourth-order valence-electron chi connectivity index (χ4n) is 3.69. The van der Waals surface area contributed by atoms with Crippen LogP contribution in [0.25, 0.3) is 16.7 Å². The maximum Gasteiger partial charge on any atom is 0.410 e. The number of carbonyl (C=O) groups excluding carboxylic acids is 1. The molecule has 1 fully saturated rings. The number of halogens is 1. The van der Waals surface area contributed by atoms with Gasteiger partial charge >= 0.3 is 6.09 Å². The lowest BCUT2D eigenvalue weighted by atomic mass is 10.0. The third-order valence-corrected chi connectivity index (χ3v) is 5.37. The lowest BCUT2D eigenvalue weighted by Crippen LogP contribution is -2.48. The van der Waals surface area contributed by atoms with Gasteiger partial charge < -0.3 is 14.5 Å². The first-order chi connectivity index (χ1) is 14.6. The van der Waals surface area contributed by atoms with Gasteiger partial charge in [-0.25, -0.2) is 9.78 Å². The SMILES string of the molecule is C[C@@H]1CN(C(=O)OC(C)(C)C)[C@H](c2ccc(-n3c(Cl)cc4c(=O)[nH]cnc43)cc2)CO1. The molecule has 2 aromatic heterocycles. The first-order valence-electron chi connectivity index (χ1n) is 10.1. The minimum Gasteiger partial charge on any atom is -0.444 e. The average Bonchev–Trinajstić information content (AvgIpc) is 3.04. The maximum absolute atomic E-state index is 12.8. The van der Waals surface area contributed by atoms with Crippen molar-refractivity contribution in [3.8, 4) is 5.69 Å². The van der Waals surface area contributed by atoms with E-state index in [0.29, 0.717) is 29.3 Å². The van der Waals surface area contributed by atoms with Gasteiger partial charge in [-0.3, -0.25) is 14.3 Å². The summed E-state index contributed by atoms with van der Waals surface area (Å²) in [6.07, 6.45) is 0.919. The molecule has 1 aliphatic rings. The summed E-state index contributed by atoms with van der Waals surface area (Å²) < 4.78 is 13.1. The summed E-state index contributed by atoms with van der Waals surface area (Å²) >= 11 is 6.39.